The second-order valence-electron chi connectivity index (χ2n) is 7.15. The maximum absolute atomic E-state index is 12.2. The number of carbonyl (C=O) groups excluding carboxylic acids is 1. The first kappa shape index (κ1) is 16.4. The van der Waals surface area contributed by atoms with Crippen LogP contribution in [0.15, 0.2) is 18.3 Å². The number of phenolic OH excluding ortho intramolecular Hbond substituents is 1. The molecule has 2 heterocycles. The van der Waals surface area contributed by atoms with Crippen LogP contribution in [0, 0.1) is 20.8 Å². The molecular weight excluding hydrogens is 328 g/mol. The zero-order chi connectivity index (χ0) is 18.7. The standard InChI is InChI=1S/C20H22N4O2/c1-9-4-7-14(25)10(2)15(9)13-8-24-11(3)18(12-5-6-12)23-20(24)16(17(13)21)19(22)26/h4,7-8,12,25H,5-6,21H2,1-3H3,(H2,22,26). The molecule has 0 radical (unpaired) electrons. The number of phenols is 1. The average molecular weight is 350 g/mol. The summed E-state index contributed by atoms with van der Waals surface area (Å²) >= 11 is 0. The highest BCUT2D eigenvalue weighted by Gasteiger charge is 2.31. The number of nitrogens with two attached hydrogens (primary N) is 2. The van der Waals surface area contributed by atoms with Crippen molar-refractivity contribution in [3.63, 3.8) is 0 Å². The summed E-state index contributed by atoms with van der Waals surface area (Å²) in [7, 11) is 0. The number of rotatable bonds is 3. The Morgan fingerprint density at radius 1 is 1.27 bits per heavy atom. The minimum Gasteiger partial charge on any atom is -0.508 e. The van der Waals surface area contributed by atoms with Crippen LogP contribution in [0.5, 0.6) is 5.75 Å². The number of fused-ring (bicyclic) bond motifs is 1. The van der Waals surface area contributed by atoms with Gasteiger partial charge in [0, 0.05) is 23.4 Å². The van der Waals surface area contributed by atoms with Gasteiger partial charge in [-0.05, 0) is 56.4 Å². The first-order valence-corrected chi connectivity index (χ1v) is 8.71. The number of benzene rings is 1. The van der Waals surface area contributed by atoms with E-state index in [0.717, 1.165) is 35.4 Å². The number of pyridine rings is 1. The van der Waals surface area contributed by atoms with Crippen LogP contribution in [0.4, 0.5) is 5.69 Å². The molecule has 6 heteroatoms. The van der Waals surface area contributed by atoms with Crippen LogP contribution >= 0.6 is 0 Å². The molecule has 1 aromatic carbocycles. The van der Waals surface area contributed by atoms with Crippen LogP contribution in [-0.2, 0) is 0 Å². The lowest BCUT2D eigenvalue weighted by Gasteiger charge is -2.16. The summed E-state index contributed by atoms with van der Waals surface area (Å²) in [6.07, 6.45) is 4.13. The minimum absolute atomic E-state index is 0.187. The van der Waals surface area contributed by atoms with E-state index in [1.807, 2.05) is 37.4 Å². The van der Waals surface area contributed by atoms with Gasteiger partial charge in [-0.15, -0.1) is 0 Å². The maximum Gasteiger partial charge on any atom is 0.254 e. The summed E-state index contributed by atoms with van der Waals surface area (Å²) in [6, 6.07) is 3.49. The van der Waals surface area contributed by atoms with Crippen molar-refractivity contribution >= 4 is 17.2 Å². The predicted molar refractivity (Wildman–Crippen MR) is 101 cm³/mol. The molecule has 1 aliphatic carbocycles. The molecule has 4 rings (SSSR count). The van der Waals surface area contributed by atoms with Gasteiger partial charge in [0.25, 0.3) is 5.91 Å². The Morgan fingerprint density at radius 3 is 2.58 bits per heavy atom. The molecule has 3 aromatic rings. The molecule has 6 nitrogen and oxygen atoms in total. The molecule has 0 unspecified atom stereocenters. The molecule has 5 N–H and O–H groups in total. The number of nitrogen functional groups attached to an aromatic ring is 1. The molecule has 0 bridgehead atoms. The lowest BCUT2D eigenvalue weighted by molar-refractivity contribution is 0.100. The van der Waals surface area contributed by atoms with Crippen molar-refractivity contribution < 1.29 is 9.90 Å². The van der Waals surface area contributed by atoms with E-state index in [1.54, 1.807) is 6.07 Å². The fourth-order valence-corrected chi connectivity index (χ4v) is 3.76. The van der Waals surface area contributed by atoms with Crippen LogP contribution in [0.25, 0.3) is 16.8 Å². The molecule has 0 spiro atoms. The Labute approximate surface area is 151 Å². The van der Waals surface area contributed by atoms with E-state index in [4.69, 9.17) is 11.5 Å². The van der Waals surface area contributed by atoms with Crippen molar-refractivity contribution in [1.29, 1.82) is 0 Å². The molecular formula is C20H22N4O2. The Morgan fingerprint density at radius 2 is 1.96 bits per heavy atom. The molecule has 1 saturated carbocycles. The zero-order valence-corrected chi connectivity index (χ0v) is 15.1. The van der Waals surface area contributed by atoms with Crippen LogP contribution in [0.3, 0.4) is 0 Å². The molecule has 0 saturated heterocycles. The fourth-order valence-electron chi connectivity index (χ4n) is 3.76. The first-order valence-electron chi connectivity index (χ1n) is 8.71. The molecule has 0 aliphatic heterocycles. The highest BCUT2D eigenvalue weighted by molar-refractivity contribution is 6.07. The first-order chi connectivity index (χ1) is 12.3. The summed E-state index contributed by atoms with van der Waals surface area (Å²) in [5.74, 6) is 0.0356. The van der Waals surface area contributed by atoms with Crippen LogP contribution in [0.2, 0.25) is 0 Å². The third kappa shape index (κ3) is 2.25. The van der Waals surface area contributed by atoms with Crippen molar-refractivity contribution in [1.82, 2.24) is 9.38 Å². The number of hydrogen-bond acceptors (Lipinski definition) is 4. The summed E-state index contributed by atoms with van der Waals surface area (Å²) in [5.41, 5.74) is 18.3. The van der Waals surface area contributed by atoms with Gasteiger partial charge in [0.1, 0.15) is 11.3 Å². The van der Waals surface area contributed by atoms with E-state index < -0.39 is 5.91 Å². The third-order valence-electron chi connectivity index (χ3n) is 5.35. The number of aryl methyl sites for hydroxylation is 2. The number of primary amides is 1. The van der Waals surface area contributed by atoms with E-state index >= 15 is 0 Å². The Balaban J connectivity index is 2.12. The summed E-state index contributed by atoms with van der Waals surface area (Å²) in [6.45, 7) is 5.79. The fraction of sp³-hybridized carbons (Fsp3) is 0.300. The Kier molecular flexibility index (Phi) is 3.47. The molecule has 1 aliphatic rings. The van der Waals surface area contributed by atoms with Gasteiger partial charge in [0.2, 0.25) is 0 Å². The Bertz CT molecular complexity index is 1080. The predicted octanol–water partition coefficient (Wildman–Crippen LogP) is 3.19. The highest BCUT2D eigenvalue weighted by Crippen LogP contribution is 2.43. The van der Waals surface area contributed by atoms with Crippen molar-refractivity contribution in [3.8, 4) is 16.9 Å². The van der Waals surface area contributed by atoms with E-state index in [2.05, 4.69) is 4.98 Å². The lowest BCUT2D eigenvalue weighted by atomic mass is 9.93. The number of aromatic nitrogens is 2. The number of imidazole rings is 1. The molecule has 26 heavy (non-hydrogen) atoms. The minimum atomic E-state index is -0.600. The molecule has 2 aromatic heterocycles. The van der Waals surface area contributed by atoms with Crippen LogP contribution in [-0.4, -0.2) is 20.4 Å². The van der Waals surface area contributed by atoms with Crippen LogP contribution < -0.4 is 11.5 Å². The van der Waals surface area contributed by atoms with Crippen molar-refractivity contribution in [3.05, 3.63) is 46.4 Å². The molecule has 1 amide bonds. The second-order valence-corrected chi connectivity index (χ2v) is 7.15. The van der Waals surface area contributed by atoms with Crippen molar-refractivity contribution in [2.45, 2.75) is 39.5 Å². The summed E-state index contributed by atoms with van der Waals surface area (Å²) < 4.78 is 1.91. The van der Waals surface area contributed by atoms with Gasteiger partial charge in [0.15, 0.2) is 5.65 Å². The van der Waals surface area contributed by atoms with E-state index in [0.29, 0.717) is 28.4 Å². The topological polar surface area (TPSA) is 107 Å². The van der Waals surface area contributed by atoms with Gasteiger partial charge in [-0.25, -0.2) is 4.98 Å². The summed E-state index contributed by atoms with van der Waals surface area (Å²) in [4.78, 5) is 16.9. The quantitative estimate of drug-likeness (QED) is 0.674. The maximum atomic E-state index is 12.2. The van der Waals surface area contributed by atoms with Crippen LogP contribution in [0.1, 0.15) is 51.6 Å². The molecule has 1 fully saturated rings. The molecule has 0 atom stereocenters. The highest BCUT2D eigenvalue weighted by atomic mass is 16.3. The van der Waals surface area contributed by atoms with Gasteiger partial charge < -0.3 is 21.0 Å². The number of nitrogens with zero attached hydrogens (tertiary/aromatic N) is 2. The Hall–Kier alpha value is -3.02. The zero-order valence-electron chi connectivity index (χ0n) is 15.1. The number of carbonyl (C=O) groups is 1. The van der Waals surface area contributed by atoms with Gasteiger partial charge >= 0.3 is 0 Å². The number of anilines is 1. The van der Waals surface area contributed by atoms with E-state index in [9.17, 15) is 9.90 Å². The van der Waals surface area contributed by atoms with E-state index in [1.165, 1.54) is 0 Å². The normalized spacial score (nSPS) is 14.1. The SMILES string of the molecule is Cc1ccc(O)c(C)c1-c1cn2c(C)c(C3CC3)nc2c(C(N)=O)c1N. The number of amides is 1. The van der Waals surface area contributed by atoms with E-state index in [-0.39, 0.29) is 11.3 Å². The molecule has 134 valence electrons. The smallest absolute Gasteiger partial charge is 0.254 e. The van der Waals surface area contributed by atoms with Gasteiger partial charge in [0.05, 0.1) is 11.4 Å². The van der Waals surface area contributed by atoms with Crippen molar-refractivity contribution in [2.75, 3.05) is 5.73 Å². The largest absolute Gasteiger partial charge is 0.508 e. The average Bonchev–Trinajstić information content (AvgIpc) is 3.37. The number of aromatic hydroxyl groups is 1. The van der Waals surface area contributed by atoms with Gasteiger partial charge in [-0.1, -0.05) is 6.07 Å². The lowest BCUT2D eigenvalue weighted by Crippen LogP contribution is -2.16. The van der Waals surface area contributed by atoms with Crippen molar-refractivity contribution in [2.24, 2.45) is 5.73 Å². The summed E-state index contributed by atoms with van der Waals surface area (Å²) in [5, 5.41) is 10.2. The van der Waals surface area contributed by atoms with Gasteiger partial charge in [-0.2, -0.15) is 0 Å². The third-order valence-corrected chi connectivity index (χ3v) is 5.35. The second kappa shape index (κ2) is 5.49. The van der Waals surface area contributed by atoms with Gasteiger partial charge in [-0.3, -0.25) is 4.79 Å². The monoisotopic (exact) mass is 350 g/mol. The number of hydrogen-bond donors (Lipinski definition) is 3.